The number of rotatable bonds is 1. The van der Waals surface area contributed by atoms with Crippen LogP contribution in [-0.4, -0.2) is 7.11 Å². The maximum absolute atomic E-state index is 5.43. The van der Waals surface area contributed by atoms with Gasteiger partial charge >= 0.3 is 18.9 Å². The Bertz CT molecular complexity index is 190. The van der Waals surface area contributed by atoms with Gasteiger partial charge in [0.25, 0.3) is 0 Å². The number of methoxy groups -OCH3 is 1. The molecule has 0 unspecified atom stereocenters. The zero-order valence-corrected chi connectivity index (χ0v) is 6.29. The van der Waals surface area contributed by atoms with Crippen molar-refractivity contribution >= 4 is 5.69 Å². The molecule has 0 saturated heterocycles. The third kappa shape index (κ3) is 2.34. The molecule has 0 atom stereocenters. The molecule has 0 fully saturated rings. The van der Waals surface area contributed by atoms with Gasteiger partial charge in [-0.3, -0.25) is 0 Å². The number of anilines is 1. The van der Waals surface area contributed by atoms with Crippen LogP contribution in [0.1, 0.15) is 1.43 Å². The molecule has 1 aromatic carbocycles. The molecular weight excluding hydrogens is 121 g/mol. The summed E-state index contributed by atoms with van der Waals surface area (Å²) in [5, 5.41) is 0. The van der Waals surface area contributed by atoms with Crippen LogP contribution in [0.2, 0.25) is 0 Å². The smallest absolute Gasteiger partial charge is 1.00 e. The summed E-state index contributed by atoms with van der Waals surface area (Å²) in [5.74, 6) is 0.837. The minimum Gasteiger partial charge on any atom is -1.00 e. The van der Waals surface area contributed by atoms with Gasteiger partial charge in [0.2, 0.25) is 0 Å². The van der Waals surface area contributed by atoms with Crippen LogP contribution in [0.3, 0.4) is 0 Å². The molecule has 0 bridgehead atoms. The summed E-state index contributed by atoms with van der Waals surface area (Å²) in [6, 6.07) is 7.27. The SMILES string of the molecule is COc1ccc(N)cc1.[H-].[Li+]. The van der Waals surface area contributed by atoms with E-state index in [2.05, 4.69) is 0 Å². The molecule has 2 N–H and O–H groups in total. The molecule has 0 aromatic heterocycles. The van der Waals surface area contributed by atoms with Crippen LogP contribution in [-0.2, 0) is 0 Å². The fraction of sp³-hybridized carbons (Fsp3) is 0.143. The largest absolute Gasteiger partial charge is 1.00 e. The van der Waals surface area contributed by atoms with Gasteiger partial charge in [-0.15, -0.1) is 0 Å². The Morgan fingerprint density at radius 1 is 1.30 bits per heavy atom. The summed E-state index contributed by atoms with van der Waals surface area (Å²) >= 11 is 0. The predicted molar refractivity (Wildman–Crippen MR) is 38.5 cm³/mol. The van der Waals surface area contributed by atoms with Crippen LogP contribution in [0.15, 0.2) is 24.3 Å². The first-order valence-corrected chi connectivity index (χ1v) is 2.72. The first-order chi connectivity index (χ1) is 4.33. The molecule has 1 rings (SSSR count). The van der Waals surface area contributed by atoms with E-state index in [9.17, 15) is 0 Å². The van der Waals surface area contributed by atoms with E-state index in [0.717, 1.165) is 11.4 Å². The number of nitrogens with two attached hydrogens (primary N) is 1. The molecule has 0 aliphatic rings. The fourth-order valence-electron chi connectivity index (χ4n) is 0.604. The summed E-state index contributed by atoms with van der Waals surface area (Å²) < 4.78 is 4.91. The molecule has 0 aliphatic carbocycles. The average molecular weight is 131 g/mol. The van der Waals surface area contributed by atoms with Gasteiger partial charge in [-0.1, -0.05) is 0 Å². The van der Waals surface area contributed by atoms with Crippen molar-refractivity contribution in [2.75, 3.05) is 12.8 Å². The van der Waals surface area contributed by atoms with E-state index in [0.29, 0.717) is 0 Å². The Hall–Kier alpha value is -0.583. The Balaban J connectivity index is 0. The molecule has 0 radical (unpaired) electrons. The van der Waals surface area contributed by atoms with E-state index in [1.807, 2.05) is 12.1 Å². The van der Waals surface area contributed by atoms with Crippen molar-refractivity contribution in [3.63, 3.8) is 0 Å². The number of hydrogen-bond donors (Lipinski definition) is 1. The Kier molecular flexibility index (Phi) is 4.02. The second-order valence-electron chi connectivity index (χ2n) is 1.77. The quantitative estimate of drug-likeness (QED) is 0.368. The van der Waals surface area contributed by atoms with Gasteiger partial charge in [-0.2, -0.15) is 0 Å². The van der Waals surface area contributed by atoms with Gasteiger partial charge in [0.15, 0.2) is 0 Å². The van der Waals surface area contributed by atoms with Gasteiger partial charge in [0, 0.05) is 5.69 Å². The van der Waals surface area contributed by atoms with Crippen molar-refractivity contribution in [2.24, 2.45) is 0 Å². The minimum atomic E-state index is 0. The molecule has 0 aliphatic heterocycles. The van der Waals surface area contributed by atoms with Crippen molar-refractivity contribution < 1.29 is 25.0 Å². The van der Waals surface area contributed by atoms with Crippen LogP contribution in [0.5, 0.6) is 5.75 Å². The van der Waals surface area contributed by atoms with E-state index in [1.54, 1.807) is 19.2 Å². The Labute approximate surface area is 74.0 Å². The average Bonchev–Trinajstić information content (AvgIpc) is 1.90. The Morgan fingerprint density at radius 2 is 1.80 bits per heavy atom. The Morgan fingerprint density at radius 3 is 2.20 bits per heavy atom. The van der Waals surface area contributed by atoms with E-state index in [1.165, 1.54) is 0 Å². The first kappa shape index (κ1) is 9.42. The zero-order chi connectivity index (χ0) is 6.69. The molecule has 2 nitrogen and oxygen atoms in total. The number of ether oxygens (including phenoxy) is 1. The third-order valence-electron chi connectivity index (χ3n) is 1.12. The fourth-order valence-corrected chi connectivity index (χ4v) is 0.604. The monoisotopic (exact) mass is 131 g/mol. The second-order valence-corrected chi connectivity index (χ2v) is 1.77. The molecular formula is C7H10LiNO. The molecule has 3 heteroatoms. The maximum atomic E-state index is 5.43. The van der Waals surface area contributed by atoms with Gasteiger partial charge < -0.3 is 11.9 Å². The molecule has 10 heavy (non-hydrogen) atoms. The van der Waals surface area contributed by atoms with Crippen molar-refractivity contribution in [1.29, 1.82) is 0 Å². The van der Waals surface area contributed by atoms with Crippen LogP contribution in [0, 0.1) is 0 Å². The van der Waals surface area contributed by atoms with Gasteiger partial charge in [-0.25, -0.2) is 0 Å². The van der Waals surface area contributed by atoms with E-state index < -0.39 is 0 Å². The van der Waals surface area contributed by atoms with Crippen molar-refractivity contribution in [3.8, 4) is 5.75 Å². The topological polar surface area (TPSA) is 35.2 Å². The van der Waals surface area contributed by atoms with Crippen LogP contribution < -0.4 is 29.3 Å². The molecule has 0 spiro atoms. The molecule has 50 valence electrons. The van der Waals surface area contributed by atoms with Gasteiger partial charge in [-0.05, 0) is 24.3 Å². The second kappa shape index (κ2) is 4.27. The number of nitrogen functional groups attached to an aromatic ring is 1. The first-order valence-electron chi connectivity index (χ1n) is 2.72. The van der Waals surface area contributed by atoms with E-state index >= 15 is 0 Å². The molecule has 0 heterocycles. The van der Waals surface area contributed by atoms with Crippen molar-refractivity contribution in [2.45, 2.75) is 0 Å². The standard InChI is InChI=1S/C7H9NO.Li.H/c1-9-7-4-2-6(8)3-5-7;;/h2-5H,8H2,1H3;;/q;+1;-1. The van der Waals surface area contributed by atoms with E-state index in [4.69, 9.17) is 10.5 Å². The minimum absolute atomic E-state index is 0. The normalized spacial score (nSPS) is 8.10. The van der Waals surface area contributed by atoms with Crippen LogP contribution in [0.4, 0.5) is 5.69 Å². The van der Waals surface area contributed by atoms with Crippen LogP contribution >= 0.6 is 0 Å². The molecule has 0 amide bonds. The zero-order valence-electron chi connectivity index (χ0n) is 7.29. The third-order valence-corrected chi connectivity index (χ3v) is 1.12. The predicted octanol–water partition coefficient (Wildman–Crippen LogP) is -1.61. The maximum Gasteiger partial charge on any atom is 1.00 e. The number of benzene rings is 1. The van der Waals surface area contributed by atoms with Gasteiger partial charge in [0.1, 0.15) is 5.75 Å². The summed E-state index contributed by atoms with van der Waals surface area (Å²) in [4.78, 5) is 0. The summed E-state index contributed by atoms with van der Waals surface area (Å²) in [5.41, 5.74) is 6.19. The summed E-state index contributed by atoms with van der Waals surface area (Å²) in [6.45, 7) is 0. The molecule has 0 saturated carbocycles. The van der Waals surface area contributed by atoms with E-state index in [-0.39, 0.29) is 20.3 Å². The van der Waals surface area contributed by atoms with Gasteiger partial charge in [0.05, 0.1) is 7.11 Å². The van der Waals surface area contributed by atoms with Crippen molar-refractivity contribution in [1.82, 2.24) is 0 Å². The summed E-state index contributed by atoms with van der Waals surface area (Å²) in [7, 11) is 1.63. The number of hydrogen-bond acceptors (Lipinski definition) is 2. The summed E-state index contributed by atoms with van der Waals surface area (Å²) in [6.07, 6.45) is 0. The van der Waals surface area contributed by atoms with Crippen molar-refractivity contribution in [3.05, 3.63) is 24.3 Å². The molecule has 1 aromatic rings. The van der Waals surface area contributed by atoms with Crippen LogP contribution in [0.25, 0.3) is 0 Å².